The number of non-ortho nitro benzene ring substituents is 1. The summed E-state index contributed by atoms with van der Waals surface area (Å²) in [6, 6.07) is 13.6. The molecule has 0 saturated heterocycles. The zero-order valence-electron chi connectivity index (χ0n) is 14.2. The van der Waals surface area contributed by atoms with Crippen LogP contribution in [0.2, 0.25) is 0 Å². The van der Waals surface area contributed by atoms with Crippen LogP contribution in [-0.4, -0.2) is 27.8 Å². The van der Waals surface area contributed by atoms with Crippen LogP contribution in [-0.2, 0) is 11.2 Å². The van der Waals surface area contributed by atoms with E-state index in [9.17, 15) is 19.7 Å². The molecule has 0 saturated carbocycles. The Bertz CT molecular complexity index is 1010. The number of carbonyl (C=O) groups excluding carboxylic acids is 2. The van der Waals surface area contributed by atoms with E-state index >= 15 is 0 Å². The van der Waals surface area contributed by atoms with Gasteiger partial charge in [-0.3, -0.25) is 24.7 Å². The molecule has 8 heteroatoms. The van der Waals surface area contributed by atoms with E-state index in [0.717, 1.165) is 5.39 Å². The second-order valence-electron chi connectivity index (χ2n) is 5.94. The van der Waals surface area contributed by atoms with Gasteiger partial charge < -0.3 is 11.1 Å². The Morgan fingerprint density at radius 3 is 2.48 bits per heavy atom. The Labute approximate surface area is 154 Å². The first-order valence-corrected chi connectivity index (χ1v) is 8.13. The minimum Gasteiger partial charge on any atom is -0.368 e. The van der Waals surface area contributed by atoms with E-state index in [1.807, 2.05) is 12.1 Å². The normalized spacial score (nSPS) is 11.7. The van der Waals surface area contributed by atoms with Crippen molar-refractivity contribution >= 4 is 28.4 Å². The number of rotatable bonds is 6. The summed E-state index contributed by atoms with van der Waals surface area (Å²) in [7, 11) is 0. The van der Waals surface area contributed by atoms with Gasteiger partial charge in [-0.25, -0.2) is 0 Å². The number of hydrogen-bond acceptors (Lipinski definition) is 5. The quantitative estimate of drug-likeness (QED) is 0.510. The van der Waals surface area contributed by atoms with Crippen LogP contribution in [0.1, 0.15) is 15.9 Å². The highest BCUT2D eigenvalue weighted by atomic mass is 16.6. The zero-order chi connectivity index (χ0) is 19.4. The number of fused-ring (bicyclic) bond motifs is 1. The molecule has 0 radical (unpaired) electrons. The fourth-order valence-corrected chi connectivity index (χ4v) is 2.74. The standard InChI is InChI=1S/C19H16N4O4/c20-18(24)16(11-12-6-8-14(9-7-12)23(26)27)22-19(25)15-5-1-3-13-4-2-10-21-17(13)15/h1-10,16H,11H2,(H2,20,24)(H,22,25)/t16-/m1/s1. The van der Waals surface area contributed by atoms with Crippen LogP contribution < -0.4 is 11.1 Å². The number of nitro benzene ring substituents is 1. The van der Waals surface area contributed by atoms with Gasteiger partial charge in [0, 0.05) is 30.1 Å². The summed E-state index contributed by atoms with van der Waals surface area (Å²) >= 11 is 0. The molecule has 2 amide bonds. The summed E-state index contributed by atoms with van der Waals surface area (Å²) in [5, 5.41) is 14.1. The van der Waals surface area contributed by atoms with E-state index in [1.54, 1.807) is 24.4 Å². The molecular formula is C19H16N4O4. The van der Waals surface area contributed by atoms with E-state index in [4.69, 9.17) is 5.73 Å². The second-order valence-corrected chi connectivity index (χ2v) is 5.94. The molecule has 3 N–H and O–H groups in total. The van der Waals surface area contributed by atoms with Gasteiger partial charge in [-0.15, -0.1) is 0 Å². The van der Waals surface area contributed by atoms with Gasteiger partial charge in [-0.2, -0.15) is 0 Å². The third-order valence-corrected chi connectivity index (χ3v) is 4.11. The third kappa shape index (κ3) is 4.06. The number of nitrogens with two attached hydrogens (primary N) is 1. The van der Waals surface area contributed by atoms with Crippen molar-refractivity contribution in [3.63, 3.8) is 0 Å². The molecule has 1 atom stereocenters. The summed E-state index contributed by atoms with van der Waals surface area (Å²) in [5.74, 6) is -1.17. The molecule has 136 valence electrons. The number of amides is 2. The number of nitrogens with one attached hydrogen (secondary N) is 1. The van der Waals surface area contributed by atoms with Gasteiger partial charge in [-0.1, -0.05) is 30.3 Å². The number of pyridine rings is 1. The minimum atomic E-state index is -0.960. The summed E-state index contributed by atoms with van der Waals surface area (Å²) in [4.78, 5) is 38.9. The first-order chi connectivity index (χ1) is 13.0. The Morgan fingerprint density at radius 2 is 1.81 bits per heavy atom. The number of para-hydroxylation sites is 1. The van der Waals surface area contributed by atoms with Crippen LogP contribution in [0.15, 0.2) is 60.8 Å². The fraction of sp³-hybridized carbons (Fsp3) is 0.105. The minimum absolute atomic E-state index is 0.0553. The molecule has 0 aliphatic carbocycles. The van der Waals surface area contributed by atoms with Crippen molar-refractivity contribution in [1.82, 2.24) is 10.3 Å². The van der Waals surface area contributed by atoms with Crippen molar-refractivity contribution in [3.05, 3.63) is 82.0 Å². The molecule has 2 aromatic carbocycles. The first-order valence-electron chi connectivity index (χ1n) is 8.13. The fourth-order valence-electron chi connectivity index (χ4n) is 2.74. The Balaban J connectivity index is 1.80. The largest absolute Gasteiger partial charge is 0.368 e. The predicted molar refractivity (Wildman–Crippen MR) is 99.0 cm³/mol. The highest BCUT2D eigenvalue weighted by Gasteiger charge is 2.21. The van der Waals surface area contributed by atoms with Gasteiger partial charge in [0.2, 0.25) is 5.91 Å². The lowest BCUT2D eigenvalue weighted by molar-refractivity contribution is -0.384. The smallest absolute Gasteiger partial charge is 0.269 e. The van der Waals surface area contributed by atoms with Crippen LogP contribution in [0, 0.1) is 10.1 Å². The number of nitro groups is 1. The molecule has 27 heavy (non-hydrogen) atoms. The van der Waals surface area contributed by atoms with Crippen molar-refractivity contribution in [2.45, 2.75) is 12.5 Å². The number of hydrogen-bond donors (Lipinski definition) is 2. The summed E-state index contributed by atoms with van der Waals surface area (Å²) in [6.07, 6.45) is 1.71. The maximum atomic E-state index is 12.7. The zero-order valence-corrected chi connectivity index (χ0v) is 14.2. The van der Waals surface area contributed by atoms with Gasteiger partial charge in [-0.05, 0) is 17.7 Å². The van der Waals surface area contributed by atoms with Crippen molar-refractivity contribution < 1.29 is 14.5 Å². The molecular weight excluding hydrogens is 348 g/mol. The van der Waals surface area contributed by atoms with Gasteiger partial charge in [0.05, 0.1) is 16.0 Å². The molecule has 0 aliphatic rings. The lowest BCUT2D eigenvalue weighted by Gasteiger charge is -2.16. The van der Waals surface area contributed by atoms with Crippen LogP contribution in [0.3, 0.4) is 0 Å². The molecule has 8 nitrogen and oxygen atoms in total. The molecule has 1 aromatic heterocycles. The van der Waals surface area contributed by atoms with E-state index in [-0.39, 0.29) is 12.1 Å². The van der Waals surface area contributed by atoms with E-state index < -0.39 is 22.8 Å². The van der Waals surface area contributed by atoms with Crippen molar-refractivity contribution in [3.8, 4) is 0 Å². The lowest BCUT2D eigenvalue weighted by atomic mass is 10.0. The predicted octanol–water partition coefficient (Wildman–Crippen LogP) is 1.97. The van der Waals surface area contributed by atoms with Crippen LogP contribution in [0.5, 0.6) is 0 Å². The molecule has 0 bridgehead atoms. The lowest BCUT2D eigenvalue weighted by Crippen LogP contribution is -2.45. The summed E-state index contributed by atoms with van der Waals surface area (Å²) in [6.45, 7) is 0. The van der Waals surface area contributed by atoms with Crippen LogP contribution >= 0.6 is 0 Å². The maximum Gasteiger partial charge on any atom is 0.269 e. The number of carbonyl (C=O) groups is 2. The van der Waals surface area contributed by atoms with Crippen molar-refractivity contribution in [1.29, 1.82) is 0 Å². The summed E-state index contributed by atoms with van der Waals surface area (Å²) in [5.41, 5.74) is 6.87. The third-order valence-electron chi connectivity index (χ3n) is 4.11. The van der Waals surface area contributed by atoms with Gasteiger partial charge in [0.15, 0.2) is 0 Å². The average molecular weight is 364 g/mol. The highest BCUT2D eigenvalue weighted by Crippen LogP contribution is 2.17. The van der Waals surface area contributed by atoms with Gasteiger partial charge >= 0.3 is 0 Å². The highest BCUT2D eigenvalue weighted by molar-refractivity contribution is 6.06. The average Bonchev–Trinajstić information content (AvgIpc) is 2.67. The topological polar surface area (TPSA) is 128 Å². The van der Waals surface area contributed by atoms with Gasteiger partial charge in [0.25, 0.3) is 11.6 Å². The molecule has 1 heterocycles. The van der Waals surface area contributed by atoms with E-state index in [0.29, 0.717) is 16.6 Å². The second kappa shape index (κ2) is 7.61. The van der Waals surface area contributed by atoms with Crippen molar-refractivity contribution in [2.24, 2.45) is 5.73 Å². The van der Waals surface area contributed by atoms with Crippen LogP contribution in [0.25, 0.3) is 10.9 Å². The Hall–Kier alpha value is -3.81. The van der Waals surface area contributed by atoms with Gasteiger partial charge in [0.1, 0.15) is 6.04 Å². The maximum absolute atomic E-state index is 12.7. The number of benzene rings is 2. The Morgan fingerprint density at radius 1 is 1.11 bits per heavy atom. The molecule has 0 spiro atoms. The summed E-state index contributed by atoms with van der Waals surface area (Å²) < 4.78 is 0. The number of primary amides is 1. The number of aromatic nitrogens is 1. The van der Waals surface area contributed by atoms with Crippen LogP contribution in [0.4, 0.5) is 5.69 Å². The van der Waals surface area contributed by atoms with E-state index in [1.165, 1.54) is 24.3 Å². The molecule has 0 unspecified atom stereocenters. The molecule has 0 aliphatic heterocycles. The van der Waals surface area contributed by atoms with E-state index in [2.05, 4.69) is 10.3 Å². The van der Waals surface area contributed by atoms with Crippen molar-refractivity contribution in [2.75, 3.05) is 0 Å². The monoisotopic (exact) mass is 364 g/mol. The molecule has 3 rings (SSSR count). The number of nitrogens with zero attached hydrogens (tertiary/aromatic N) is 2. The SMILES string of the molecule is NC(=O)[C@@H](Cc1ccc([N+](=O)[O-])cc1)NC(=O)c1cccc2cccnc12. The molecule has 3 aromatic rings. The first kappa shape index (κ1) is 18.0. The Kier molecular flexibility index (Phi) is 5.07. The molecule has 0 fully saturated rings.